The molecule has 2 N–H and O–H groups in total. The minimum absolute atomic E-state index is 0.698. The van der Waals surface area contributed by atoms with Crippen LogP contribution in [0.1, 0.15) is 12.1 Å². The van der Waals surface area contributed by atoms with Crippen molar-refractivity contribution in [2.24, 2.45) is 5.73 Å². The van der Waals surface area contributed by atoms with Crippen LogP contribution in [0.5, 0.6) is 0 Å². The molecular formula is C10H16N2O. The zero-order valence-corrected chi connectivity index (χ0v) is 7.78. The molecule has 0 radical (unpaired) electrons. The first-order chi connectivity index (χ1) is 6.43. The van der Waals surface area contributed by atoms with Crippen molar-refractivity contribution in [3.05, 3.63) is 30.1 Å². The summed E-state index contributed by atoms with van der Waals surface area (Å²) in [6.45, 7) is 2.18. The van der Waals surface area contributed by atoms with Gasteiger partial charge in [0, 0.05) is 24.9 Å². The topological polar surface area (TPSA) is 48.1 Å². The van der Waals surface area contributed by atoms with Crippen LogP contribution in [0.15, 0.2) is 24.4 Å². The van der Waals surface area contributed by atoms with Gasteiger partial charge in [-0.1, -0.05) is 6.07 Å². The first-order valence-corrected chi connectivity index (χ1v) is 4.61. The fourth-order valence-electron chi connectivity index (χ4n) is 1.01. The van der Waals surface area contributed by atoms with E-state index >= 15 is 0 Å². The van der Waals surface area contributed by atoms with E-state index in [-0.39, 0.29) is 0 Å². The molecule has 0 aliphatic rings. The maximum Gasteiger partial charge on any atom is 0.0521 e. The summed E-state index contributed by atoms with van der Waals surface area (Å²) in [7, 11) is 0. The molecule has 1 heterocycles. The van der Waals surface area contributed by atoms with E-state index in [0.29, 0.717) is 6.54 Å². The SMILES string of the molecule is NCCCOCCc1ccccn1. The van der Waals surface area contributed by atoms with Gasteiger partial charge in [-0.25, -0.2) is 0 Å². The quantitative estimate of drug-likeness (QED) is 0.664. The van der Waals surface area contributed by atoms with Crippen molar-refractivity contribution in [1.29, 1.82) is 0 Å². The number of rotatable bonds is 6. The van der Waals surface area contributed by atoms with E-state index in [1.54, 1.807) is 6.20 Å². The molecule has 1 aromatic heterocycles. The molecule has 3 nitrogen and oxygen atoms in total. The third-order valence-electron chi connectivity index (χ3n) is 1.72. The van der Waals surface area contributed by atoms with E-state index < -0.39 is 0 Å². The van der Waals surface area contributed by atoms with Gasteiger partial charge in [0.1, 0.15) is 0 Å². The smallest absolute Gasteiger partial charge is 0.0521 e. The van der Waals surface area contributed by atoms with E-state index in [9.17, 15) is 0 Å². The van der Waals surface area contributed by atoms with Crippen LogP contribution in [0.25, 0.3) is 0 Å². The second-order valence-corrected chi connectivity index (χ2v) is 2.83. The van der Waals surface area contributed by atoms with Gasteiger partial charge in [-0.2, -0.15) is 0 Å². The fraction of sp³-hybridized carbons (Fsp3) is 0.500. The number of nitrogens with zero attached hydrogens (tertiary/aromatic N) is 1. The molecule has 0 saturated carbocycles. The first kappa shape index (κ1) is 10.2. The third-order valence-corrected chi connectivity index (χ3v) is 1.72. The molecule has 0 fully saturated rings. The van der Waals surface area contributed by atoms with Gasteiger partial charge in [0.2, 0.25) is 0 Å². The highest BCUT2D eigenvalue weighted by Gasteiger charge is 1.92. The minimum atomic E-state index is 0.698. The van der Waals surface area contributed by atoms with Crippen LogP contribution in [-0.2, 0) is 11.2 Å². The standard InChI is InChI=1S/C10H16N2O/c11-6-3-8-13-9-5-10-4-1-2-7-12-10/h1-2,4,7H,3,5-6,8-9,11H2. The molecule has 0 saturated heterocycles. The Kier molecular flexibility index (Phi) is 5.13. The minimum Gasteiger partial charge on any atom is -0.381 e. The van der Waals surface area contributed by atoms with Gasteiger partial charge in [0.05, 0.1) is 6.61 Å². The maximum atomic E-state index is 5.36. The summed E-state index contributed by atoms with van der Waals surface area (Å²) in [6, 6.07) is 5.91. The second kappa shape index (κ2) is 6.57. The van der Waals surface area contributed by atoms with Gasteiger partial charge in [0.15, 0.2) is 0 Å². The van der Waals surface area contributed by atoms with E-state index in [2.05, 4.69) is 4.98 Å². The first-order valence-electron chi connectivity index (χ1n) is 4.61. The summed E-state index contributed by atoms with van der Waals surface area (Å²) in [6.07, 6.45) is 3.61. The van der Waals surface area contributed by atoms with Crippen LogP contribution >= 0.6 is 0 Å². The molecule has 1 aromatic rings. The summed E-state index contributed by atoms with van der Waals surface area (Å²) in [5, 5.41) is 0. The molecule has 0 unspecified atom stereocenters. The number of nitrogens with two attached hydrogens (primary N) is 1. The summed E-state index contributed by atoms with van der Waals surface area (Å²) < 4.78 is 5.36. The van der Waals surface area contributed by atoms with Crippen LogP contribution in [0, 0.1) is 0 Å². The van der Waals surface area contributed by atoms with Crippen LogP contribution in [0.2, 0.25) is 0 Å². The molecule has 3 heteroatoms. The van der Waals surface area contributed by atoms with Crippen LogP contribution < -0.4 is 5.73 Å². The molecule has 0 aliphatic carbocycles. The molecule has 0 aromatic carbocycles. The molecule has 13 heavy (non-hydrogen) atoms. The zero-order valence-electron chi connectivity index (χ0n) is 7.78. The number of aromatic nitrogens is 1. The highest BCUT2D eigenvalue weighted by molar-refractivity contribution is 5.03. The normalized spacial score (nSPS) is 10.2. The van der Waals surface area contributed by atoms with E-state index in [1.165, 1.54) is 0 Å². The Hall–Kier alpha value is -0.930. The van der Waals surface area contributed by atoms with Crippen LogP contribution in [-0.4, -0.2) is 24.7 Å². The molecular weight excluding hydrogens is 164 g/mol. The van der Waals surface area contributed by atoms with Crippen molar-refractivity contribution in [2.75, 3.05) is 19.8 Å². The van der Waals surface area contributed by atoms with E-state index in [1.807, 2.05) is 18.2 Å². The Morgan fingerprint density at radius 1 is 1.31 bits per heavy atom. The van der Waals surface area contributed by atoms with Crippen molar-refractivity contribution in [3.63, 3.8) is 0 Å². The number of pyridine rings is 1. The highest BCUT2D eigenvalue weighted by Crippen LogP contribution is 1.94. The lowest BCUT2D eigenvalue weighted by atomic mass is 10.3. The molecule has 0 bridgehead atoms. The largest absolute Gasteiger partial charge is 0.381 e. The molecule has 0 amide bonds. The van der Waals surface area contributed by atoms with E-state index in [0.717, 1.165) is 31.7 Å². The average Bonchev–Trinajstić information content (AvgIpc) is 2.19. The Morgan fingerprint density at radius 2 is 2.23 bits per heavy atom. The van der Waals surface area contributed by atoms with Gasteiger partial charge in [0.25, 0.3) is 0 Å². The second-order valence-electron chi connectivity index (χ2n) is 2.83. The molecule has 0 spiro atoms. The van der Waals surface area contributed by atoms with Crippen LogP contribution in [0.4, 0.5) is 0 Å². The fourth-order valence-corrected chi connectivity index (χ4v) is 1.01. The Labute approximate surface area is 78.9 Å². The molecule has 0 atom stereocenters. The summed E-state index contributed by atoms with van der Waals surface area (Å²) in [5.41, 5.74) is 6.41. The van der Waals surface area contributed by atoms with Crippen molar-refractivity contribution in [1.82, 2.24) is 4.98 Å². The predicted octanol–water partition coefficient (Wildman–Crippen LogP) is 0.989. The van der Waals surface area contributed by atoms with Crippen LogP contribution in [0.3, 0.4) is 0 Å². The van der Waals surface area contributed by atoms with Crippen molar-refractivity contribution >= 4 is 0 Å². The van der Waals surface area contributed by atoms with Crippen molar-refractivity contribution in [2.45, 2.75) is 12.8 Å². The van der Waals surface area contributed by atoms with Gasteiger partial charge >= 0.3 is 0 Å². The summed E-state index contributed by atoms with van der Waals surface area (Å²) >= 11 is 0. The Balaban J connectivity index is 2.07. The average molecular weight is 180 g/mol. The van der Waals surface area contributed by atoms with Gasteiger partial charge in [-0.15, -0.1) is 0 Å². The lowest BCUT2D eigenvalue weighted by molar-refractivity contribution is 0.135. The maximum absolute atomic E-state index is 5.36. The predicted molar refractivity (Wildman–Crippen MR) is 52.4 cm³/mol. The number of ether oxygens (including phenoxy) is 1. The summed E-state index contributed by atoms with van der Waals surface area (Å²) in [4.78, 5) is 4.19. The molecule has 0 aliphatic heterocycles. The monoisotopic (exact) mass is 180 g/mol. The molecule has 72 valence electrons. The third kappa shape index (κ3) is 4.60. The van der Waals surface area contributed by atoms with Crippen molar-refractivity contribution < 1.29 is 4.74 Å². The molecule has 1 rings (SSSR count). The van der Waals surface area contributed by atoms with Gasteiger partial charge in [-0.3, -0.25) is 4.98 Å². The Morgan fingerprint density at radius 3 is 2.92 bits per heavy atom. The zero-order chi connectivity index (χ0) is 9.36. The lowest BCUT2D eigenvalue weighted by Gasteiger charge is -2.02. The lowest BCUT2D eigenvalue weighted by Crippen LogP contribution is -2.06. The number of hydrogen-bond donors (Lipinski definition) is 1. The van der Waals surface area contributed by atoms with E-state index in [4.69, 9.17) is 10.5 Å². The Bertz CT molecular complexity index is 213. The van der Waals surface area contributed by atoms with Crippen molar-refractivity contribution in [3.8, 4) is 0 Å². The van der Waals surface area contributed by atoms with Gasteiger partial charge < -0.3 is 10.5 Å². The van der Waals surface area contributed by atoms with Gasteiger partial charge in [-0.05, 0) is 25.1 Å². The summed E-state index contributed by atoms with van der Waals surface area (Å²) in [5.74, 6) is 0. The number of hydrogen-bond acceptors (Lipinski definition) is 3. The highest BCUT2D eigenvalue weighted by atomic mass is 16.5.